The predicted molar refractivity (Wildman–Crippen MR) is 64.6 cm³/mol. The van der Waals surface area contributed by atoms with Gasteiger partial charge in [0.25, 0.3) is 5.91 Å². The maximum atomic E-state index is 11.7. The minimum Gasteiger partial charge on any atom is -0.436 e. The van der Waals surface area contributed by atoms with E-state index in [1.54, 1.807) is 0 Å². The Labute approximate surface area is 102 Å². The zero-order chi connectivity index (χ0) is 12.9. The molecule has 0 aromatic carbocycles. The van der Waals surface area contributed by atoms with Gasteiger partial charge < -0.3 is 15.4 Å². The summed E-state index contributed by atoms with van der Waals surface area (Å²) in [7, 11) is 0. The highest BCUT2D eigenvalue weighted by Gasteiger charge is 2.25. The fourth-order valence-electron chi connectivity index (χ4n) is 1.67. The third kappa shape index (κ3) is 5.56. The Balaban J connectivity index is 2.47. The van der Waals surface area contributed by atoms with E-state index in [1.165, 1.54) is 0 Å². The van der Waals surface area contributed by atoms with E-state index >= 15 is 0 Å². The SMILES string of the molecule is CC(C)(C)NC(=O)OC1CCCCCNC1=O. The molecule has 1 fully saturated rings. The van der Waals surface area contributed by atoms with Crippen molar-refractivity contribution in [3.8, 4) is 0 Å². The molecule has 0 aliphatic carbocycles. The van der Waals surface area contributed by atoms with Crippen molar-refractivity contribution in [2.24, 2.45) is 0 Å². The lowest BCUT2D eigenvalue weighted by Crippen LogP contribution is -2.46. The van der Waals surface area contributed by atoms with Crippen LogP contribution in [0.25, 0.3) is 0 Å². The first-order valence-electron chi connectivity index (χ1n) is 6.15. The van der Waals surface area contributed by atoms with Crippen LogP contribution in [0.15, 0.2) is 0 Å². The molecular weight excluding hydrogens is 220 g/mol. The van der Waals surface area contributed by atoms with E-state index in [-0.39, 0.29) is 11.4 Å². The van der Waals surface area contributed by atoms with Gasteiger partial charge in [-0.3, -0.25) is 4.79 Å². The maximum absolute atomic E-state index is 11.7. The van der Waals surface area contributed by atoms with E-state index in [4.69, 9.17) is 4.74 Å². The van der Waals surface area contributed by atoms with Crippen LogP contribution in [0, 0.1) is 0 Å². The van der Waals surface area contributed by atoms with Gasteiger partial charge in [-0.2, -0.15) is 0 Å². The molecule has 5 heteroatoms. The molecule has 1 rings (SSSR count). The summed E-state index contributed by atoms with van der Waals surface area (Å²) in [4.78, 5) is 23.2. The number of hydrogen-bond donors (Lipinski definition) is 2. The van der Waals surface area contributed by atoms with E-state index in [9.17, 15) is 9.59 Å². The molecular formula is C12H22N2O3. The summed E-state index contributed by atoms with van der Waals surface area (Å²) in [6, 6.07) is 0. The smallest absolute Gasteiger partial charge is 0.408 e. The third-order valence-corrected chi connectivity index (χ3v) is 2.46. The molecule has 1 aliphatic heterocycles. The van der Waals surface area contributed by atoms with Gasteiger partial charge in [0.05, 0.1) is 0 Å². The summed E-state index contributed by atoms with van der Waals surface area (Å²) >= 11 is 0. The lowest BCUT2D eigenvalue weighted by atomic mass is 10.1. The number of carbonyl (C=O) groups excluding carboxylic acids is 2. The van der Waals surface area contributed by atoms with Crippen molar-refractivity contribution in [1.82, 2.24) is 10.6 Å². The molecule has 0 bridgehead atoms. The van der Waals surface area contributed by atoms with Crippen LogP contribution in [0.1, 0.15) is 46.5 Å². The van der Waals surface area contributed by atoms with E-state index in [2.05, 4.69) is 10.6 Å². The quantitative estimate of drug-likeness (QED) is 0.733. The Kier molecular flexibility index (Phi) is 4.78. The molecule has 0 radical (unpaired) electrons. The Bertz CT molecular complexity index is 284. The molecule has 0 aromatic rings. The normalized spacial score (nSPS) is 22.1. The number of hydrogen-bond acceptors (Lipinski definition) is 3. The number of ether oxygens (including phenoxy) is 1. The molecule has 2 amide bonds. The van der Waals surface area contributed by atoms with Gasteiger partial charge in [-0.1, -0.05) is 6.42 Å². The van der Waals surface area contributed by atoms with Crippen molar-refractivity contribution in [3.05, 3.63) is 0 Å². The first-order valence-corrected chi connectivity index (χ1v) is 6.15. The van der Waals surface area contributed by atoms with Crippen LogP contribution in [0.2, 0.25) is 0 Å². The molecule has 98 valence electrons. The maximum Gasteiger partial charge on any atom is 0.408 e. The molecule has 0 saturated carbocycles. The monoisotopic (exact) mass is 242 g/mol. The van der Waals surface area contributed by atoms with Gasteiger partial charge in [0.15, 0.2) is 6.10 Å². The van der Waals surface area contributed by atoms with Crippen molar-refractivity contribution < 1.29 is 14.3 Å². The third-order valence-electron chi connectivity index (χ3n) is 2.46. The van der Waals surface area contributed by atoms with Gasteiger partial charge in [0, 0.05) is 12.1 Å². The van der Waals surface area contributed by atoms with Gasteiger partial charge in [-0.15, -0.1) is 0 Å². The zero-order valence-electron chi connectivity index (χ0n) is 10.8. The second-order valence-electron chi connectivity index (χ2n) is 5.41. The van der Waals surface area contributed by atoms with Crippen molar-refractivity contribution >= 4 is 12.0 Å². The molecule has 0 aromatic heterocycles. The van der Waals surface area contributed by atoms with Crippen molar-refractivity contribution in [2.75, 3.05) is 6.54 Å². The number of nitrogens with one attached hydrogen (secondary N) is 2. The summed E-state index contributed by atoms with van der Waals surface area (Å²) < 4.78 is 5.15. The molecule has 5 nitrogen and oxygen atoms in total. The number of carbonyl (C=O) groups is 2. The summed E-state index contributed by atoms with van der Waals surface area (Å²) in [5, 5.41) is 5.44. The van der Waals surface area contributed by atoms with Crippen molar-refractivity contribution in [2.45, 2.75) is 58.1 Å². The van der Waals surface area contributed by atoms with E-state index in [1.807, 2.05) is 20.8 Å². The second-order valence-corrected chi connectivity index (χ2v) is 5.41. The van der Waals surface area contributed by atoms with Crippen LogP contribution < -0.4 is 10.6 Å². The topological polar surface area (TPSA) is 67.4 Å². The Morgan fingerprint density at radius 1 is 1.35 bits per heavy atom. The Morgan fingerprint density at radius 2 is 2.06 bits per heavy atom. The van der Waals surface area contributed by atoms with Crippen molar-refractivity contribution in [1.29, 1.82) is 0 Å². The predicted octanol–water partition coefficient (Wildman–Crippen LogP) is 1.57. The van der Waals surface area contributed by atoms with Gasteiger partial charge in [-0.25, -0.2) is 4.79 Å². The van der Waals surface area contributed by atoms with Crippen LogP contribution in [-0.2, 0) is 9.53 Å². The minimum atomic E-state index is -0.655. The lowest BCUT2D eigenvalue weighted by Gasteiger charge is -2.24. The average Bonchev–Trinajstić information content (AvgIpc) is 2.15. The highest BCUT2D eigenvalue weighted by Crippen LogP contribution is 2.11. The first-order chi connectivity index (χ1) is 7.88. The zero-order valence-corrected chi connectivity index (χ0v) is 10.8. The molecule has 1 saturated heterocycles. The van der Waals surface area contributed by atoms with Crippen LogP contribution in [-0.4, -0.2) is 30.2 Å². The van der Waals surface area contributed by atoms with Crippen LogP contribution in [0.4, 0.5) is 4.79 Å². The molecule has 2 N–H and O–H groups in total. The van der Waals surface area contributed by atoms with Gasteiger partial charge in [0.2, 0.25) is 0 Å². The first kappa shape index (κ1) is 13.8. The standard InChI is InChI=1S/C12H22N2O3/c1-12(2,3)14-11(16)17-9-7-5-4-6-8-13-10(9)15/h9H,4-8H2,1-3H3,(H,13,15)(H,14,16). The van der Waals surface area contributed by atoms with Gasteiger partial charge in [0.1, 0.15) is 0 Å². The van der Waals surface area contributed by atoms with E-state index in [0.717, 1.165) is 19.3 Å². The second kappa shape index (κ2) is 5.89. The van der Waals surface area contributed by atoms with Crippen molar-refractivity contribution in [3.63, 3.8) is 0 Å². The average molecular weight is 242 g/mol. The summed E-state index contributed by atoms with van der Waals surface area (Å²) in [5.74, 6) is -0.186. The fraction of sp³-hybridized carbons (Fsp3) is 0.833. The largest absolute Gasteiger partial charge is 0.436 e. The Morgan fingerprint density at radius 3 is 2.71 bits per heavy atom. The number of alkyl carbamates (subject to hydrolysis) is 1. The molecule has 1 heterocycles. The number of amides is 2. The highest BCUT2D eigenvalue weighted by molar-refractivity contribution is 5.83. The van der Waals surface area contributed by atoms with E-state index in [0.29, 0.717) is 13.0 Å². The number of rotatable bonds is 1. The minimum absolute atomic E-state index is 0.186. The fourth-order valence-corrected chi connectivity index (χ4v) is 1.67. The lowest BCUT2D eigenvalue weighted by molar-refractivity contribution is -0.130. The summed E-state index contributed by atoms with van der Waals surface area (Å²) in [6.45, 7) is 6.27. The summed E-state index contributed by atoms with van der Waals surface area (Å²) in [6.07, 6.45) is 2.38. The summed E-state index contributed by atoms with van der Waals surface area (Å²) in [5.41, 5.74) is -0.352. The molecule has 1 atom stereocenters. The molecule has 17 heavy (non-hydrogen) atoms. The molecule has 1 unspecified atom stereocenters. The van der Waals surface area contributed by atoms with E-state index < -0.39 is 12.2 Å². The van der Waals surface area contributed by atoms with Crippen LogP contribution >= 0.6 is 0 Å². The van der Waals surface area contributed by atoms with Gasteiger partial charge >= 0.3 is 6.09 Å². The molecule has 0 spiro atoms. The Hall–Kier alpha value is -1.26. The van der Waals surface area contributed by atoms with Crippen LogP contribution in [0.3, 0.4) is 0 Å². The van der Waals surface area contributed by atoms with Gasteiger partial charge in [-0.05, 0) is 40.0 Å². The highest BCUT2D eigenvalue weighted by atomic mass is 16.6. The van der Waals surface area contributed by atoms with Crippen LogP contribution in [0.5, 0.6) is 0 Å². The molecule has 1 aliphatic rings.